The zero-order valence-electron chi connectivity index (χ0n) is 13.8. The molecule has 0 aliphatic rings. The summed E-state index contributed by atoms with van der Waals surface area (Å²) in [6.07, 6.45) is 0. The average molecular weight is 388 g/mol. The van der Waals surface area contributed by atoms with E-state index in [0.29, 0.717) is 11.4 Å². The lowest BCUT2D eigenvalue weighted by Gasteiger charge is -2.12. The van der Waals surface area contributed by atoms with Crippen LogP contribution in [0, 0.1) is 6.92 Å². The number of ether oxygens (including phenoxy) is 1. The van der Waals surface area contributed by atoms with Crippen LogP contribution in [0.25, 0.3) is 0 Å². The van der Waals surface area contributed by atoms with E-state index < -0.39 is 5.91 Å². The molecule has 0 aromatic heterocycles. The maximum Gasteiger partial charge on any atom is 0.259 e. The molecule has 6 heteroatoms. The number of anilines is 1. The first kappa shape index (κ1) is 18.1. The van der Waals surface area contributed by atoms with Gasteiger partial charge in [0.05, 0.1) is 10.6 Å². The number of halogens is 2. The molecular weight excluding hydrogens is 373 g/mol. The third-order valence-electron chi connectivity index (χ3n) is 3.68. The molecule has 0 saturated carbocycles. The minimum absolute atomic E-state index is 0.00441. The fraction of sp³-hybridized carbons (Fsp3) is 0.0500. The summed E-state index contributed by atoms with van der Waals surface area (Å²) >= 11 is 11.8. The van der Waals surface area contributed by atoms with E-state index in [2.05, 4.69) is 5.32 Å². The van der Waals surface area contributed by atoms with Crippen LogP contribution in [-0.2, 0) is 0 Å². The van der Waals surface area contributed by atoms with Crippen molar-refractivity contribution in [3.05, 3.63) is 81.8 Å². The number of amides is 1. The molecule has 0 bridgehead atoms. The number of aromatic hydroxyl groups is 1. The summed E-state index contributed by atoms with van der Waals surface area (Å²) in [7, 11) is 0. The van der Waals surface area contributed by atoms with E-state index in [1.165, 1.54) is 12.1 Å². The van der Waals surface area contributed by atoms with Crippen molar-refractivity contribution in [1.29, 1.82) is 0 Å². The van der Waals surface area contributed by atoms with Gasteiger partial charge >= 0.3 is 0 Å². The van der Waals surface area contributed by atoms with Crippen LogP contribution >= 0.6 is 23.2 Å². The quantitative estimate of drug-likeness (QED) is 0.572. The van der Waals surface area contributed by atoms with E-state index in [1.807, 2.05) is 37.3 Å². The predicted octanol–water partition coefficient (Wildman–Crippen LogP) is 6.05. The summed E-state index contributed by atoms with van der Waals surface area (Å²) in [6, 6.07) is 17.4. The highest BCUT2D eigenvalue weighted by Crippen LogP contribution is 2.32. The van der Waals surface area contributed by atoms with Gasteiger partial charge in [0.1, 0.15) is 17.2 Å². The lowest BCUT2D eigenvalue weighted by atomic mass is 10.1. The number of hydrogen-bond donors (Lipinski definition) is 2. The molecule has 4 nitrogen and oxygen atoms in total. The van der Waals surface area contributed by atoms with E-state index in [1.54, 1.807) is 18.2 Å². The normalized spacial score (nSPS) is 10.4. The molecule has 1 amide bonds. The van der Waals surface area contributed by atoms with E-state index in [0.717, 1.165) is 11.3 Å². The van der Waals surface area contributed by atoms with Crippen molar-refractivity contribution in [2.45, 2.75) is 6.92 Å². The number of carbonyl (C=O) groups excluding carboxylic acids is 1. The Balaban J connectivity index is 1.79. The number of carbonyl (C=O) groups is 1. The molecule has 0 radical (unpaired) electrons. The van der Waals surface area contributed by atoms with E-state index in [-0.39, 0.29) is 21.4 Å². The molecular formula is C20H15Cl2NO3. The molecule has 0 saturated heterocycles. The number of para-hydroxylation sites is 1. The summed E-state index contributed by atoms with van der Waals surface area (Å²) in [5.74, 6) is 0.589. The fourth-order valence-corrected chi connectivity index (χ4v) is 2.89. The highest BCUT2D eigenvalue weighted by atomic mass is 35.5. The highest BCUT2D eigenvalue weighted by Gasteiger charge is 2.16. The van der Waals surface area contributed by atoms with Gasteiger partial charge in [-0.1, -0.05) is 41.4 Å². The minimum Gasteiger partial charge on any atom is -0.506 e. The molecule has 0 heterocycles. The van der Waals surface area contributed by atoms with E-state index in [9.17, 15) is 9.90 Å². The lowest BCUT2D eigenvalue weighted by Crippen LogP contribution is -2.12. The number of nitrogens with one attached hydrogen (secondary N) is 1. The second-order valence-corrected chi connectivity index (χ2v) is 6.48. The molecule has 0 unspecified atom stereocenters. The zero-order valence-corrected chi connectivity index (χ0v) is 15.3. The molecule has 3 aromatic carbocycles. The average Bonchev–Trinajstić information content (AvgIpc) is 2.61. The SMILES string of the molecule is Cc1cc(NC(=O)c2cc(Cl)cc(Cl)c2O)ccc1Oc1ccccc1. The van der Waals surface area contributed by atoms with Gasteiger partial charge in [-0.25, -0.2) is 0 Å². The minimum atomic E-state index is -0.511. The Bertz CT molecular complexity index is 959. The summed E-state index contributed by atoms with van der Waals surface area (Å²) in [6.45, 7) is 1.88. The standard InChI is InChI=1S/C20H15Cl2NO3/c1-12-9-14(7-8-18(12)26-15-5-3-2-4-6-15)23-20(25)16-10-13(21)11-17(22)19(16)24/h2-11,24H,1H3,(H,23,25). The van der Waals surface area contributed by atoms with Crippen molar-refractivity contribution in [1.82, 2.24) is 0 Å². The maximum absolute atomic E-state index is 12.4. The maximum atomic E-state index is 12.4. The number of rotatable bonds is 4. The van der Waals surface area contributed by atoms with E-state index in [4.69, 9.17) is 27.9 Å². The smallest absolute Gasteiger partial charge is 0.259 e. The molecule has 3 rings (SSSR count). The molecule has 0 aliphatic carbocycles. The fourth-order valence-electron chi connectivity index (χ4n) is 2.39. The topological polar surface area (TPSA) is 58.6 Å². The highest BCUT2D eigenvalue weighted by molar-refractivity contribution is 6.36. The molecule has 0 atom stereocenters. The largest absolute Gasteiger partial charge is 0.506 e. The van der Waals surface area contributed by atoms with Gasteiger partial charge in [0.15, 0.2) is 0 Å². The summed E-state index contributed by atoms with van der Waals surface area (Å²) in [4.78, 5) is 12.4. The van der Waals surface area contributed by atoms with Crippen molar-refractivity contribution in [3.8, 4) is 17.2 Å². The Morgan fingerprint density at radius 2 is 1.77 bits per heavy atom. The van der Waals surface area contributed by atoms with Crippen molar-refractivity contribution >= 4 is 34.8 Å². The predicted molar refractivity (Wildman–Crippen MR) is 104 cm³/mol. The Kier molecular flexibility index (Phi) is 5.35. The Labute approximate surface area is 161 Å². The molecule has 3 aromatic rings. The molecule has 0 aliphatic heterocycles. The van der Waals surface area contributed by atoms with Gasteiger partial charge in [-0.05, 0) is 55.0 Å². The number of phenols is 1. The molecule has 26 heavy (non-hydrogen) atoms. The summed E-state index contributed by atoms with van der Waals surface area (Å²) < 4.78 is 5.82. The third kappa shape index (κ3) is 4.10. The first-order valence-electron chi connectivity index (χ1n) is 7.77. The van der Waals surface area contributed by atoms with Crippen molar-refractivity contribution in [2.75, 3.05) is 5.32 Å². The van der Waals surface area contributed by atoms with Crippen molar-refractivity contribution < 1.29 is 14.6 Å². The molecule has 2 N–H and O–H groups in total. The van der Waals surface area contributed by atoms with E-state index >= 15 is 0 Å². The second-order valence-electron chi connectivity index (χ2n) is 5.63. The number of hydrogen-bond acceptors (Lipinski definition) is 3. The van der Waals surface area contributed by atoms with Gasteiger partial charge in [0.25, 0.3) is 5.91 Å². The van der Waals surface area contributed by atoms with Crippen LogP contribution in [0.2, 0.25) is 10.0 Å². The lowest BCUT2D eigenvalue weighted by molar-refractivity contribution is 0.102. The van der Waals surface area contributed by atoms with Gasteiger partial charge in [-0.15, -0.1) is 0 Å². The van der Waals surface area contributed by atoms with Crippen LogP contribution in [0.4, 0.5) is 5.69 Å². The molecule has 0 fully saturated rings. The summed E-state index contributed by atoms with van der Waals surface area (Å²) in [5.41, 5.74) is 1.41. The zero-order chi connectivity index (χ0) is 18.7. The first-order chi connectivity index (χ1) is 12.4. The second kappa shape index (κ2) is 7.68. The van der Waals surface area contributed by atoms with Gasteiger partial charge in [0.2, 0.25) is 0 Å². The molecule has 132 valence electrons. The van der Waals surface area contributed by atoms with Crippen LogP contribution in [0.1, 0.15) is 15.9 Å². The number of phenolic OH excluding ortho intramolecular Hbond substituents is 1. The number of aryl methyl sites for hydroxylation is 1. The van der Waals surface area contributed by atoms with Crippen LogP contribution < -0.4 is 10.1 Å². The van der Waals surface area contributed by atoms with Gasteiger partial charge in [-0.2, -0.15) is 0 Å². The van der Waals surface area contributed by atoms with Crippen LogP contribution in [0.15, 0.2) is 60.7 Å². The third-order valence-corrected chi connectivity index (χ3v) is 4.18. The monoisotopic (exact) mass is 387 g/mol. The van der Waals surface area contributed by atoms with Crippen LogP contribution in [-0.4, -0.2) is 11.0 Å². The Morgan fingerprint density at radius 3 is 2.46 bits per heavy atom. The van der Waals surface area contributed by atoms with Gasteiger partial charge in [-0.3, -0.25) is 4.79 Å². The van der Waals surface area contributed by atoms with Crippen molar-refractivity contribution in [3.63, 3.8) is 0 Å². The number of benzene rings is 3. The Hall–Kier alpha value is -2.69. The summed E-state index contributed by atoms with van der Waals surface area (Å²) in [5, 5.41) is 13.0. The van der Waals surface area contributed by atoms with Gasteiger partial charge < -0.3 is 15.2 Å². The molecule has 0 spiro atoms. The van der Waals surface area contributed by atoms with Crippen LogP contribution in [0.5, 0.6) is 17.2 Å². The van der Waals surface area contributed by atoms with Gasteiger partial charge in [0, 0.05) is 10.7 Å². The van der Waals surface area contributed by atoms with Crippen molar-refractivity contribution in [2.24, 2.45) is 0 Å². The first-order valence-corrected chi connectivity index (χ1v) is 8.52. The Morgan fingerprint density at radius 1 is 1.04 bits per heavy atom. The van der Waals surface area contributed by atoms with Crippen LogP contribution in [0.3, 0.4) is 0 Å².